The molecule has 0 unspecified atom stereocenters. The van der Waals surface area contributed by atoms with E-state index in [0.717, 1.165) is 24.0 Å². The van der Waals surface area contributed by atoms with E-state index in [1.54, 1.807) is 41.3 Å². The molecule has 0 atom stereocenters. The molecule has 4 nitrogen and oxygen atoms in total. The molecule has 2 aromatic carbocycles. The van der Waals surface area contributed by atoms with Crippen molar-refractivity contribution in [3.8, 4) is 0 Å². The monoisotopic (exact) mass is 412 g/mol. The smallest absolute Gasteiger partial charge is 0.261 e. The maximum absolute atomic E-state index is 13.3. The Bertz CT molecular complexity index is 1020. The summed E-state index contributed by atoms with van der Waals surface area (Å²) in [6.07, 6.45) is 1.80. The Balaban J connectivity index is 1.90. The molecule has 2 aliphatic heterocycles. The summed E-state index contributed by atoms with van der Waals surface area (Å²) in [6, 6.07) is 14.3. The molecule has 0 spiro atoms. The van der Waals surface area contributed by atoms with E-state index in [1.165, 1.54) is 0 Å². The minimum Gasteiger partial charge on any atom is -0.321 e. The number of fused-ring (bicyclic) bond motifs is 1. The van der Waals surface area contributed by atoms with Crippen LogP contribution in [0.3, 0.4) is 0 Å². The number of amides is 2. The largest absolute Gasteiger partial charge is 0.321 e. The zero-order valence-electron chi connectivity index (χ0n) is 15.3. The minimum absolute atomic E-state index is 0.156. The van der Waals surface area contributed by atoms with Crippen LogP contribution >= 0.6 is 23.2 Å². The summed E-state index contributed by atoms with van der Waals surface area (Å²) >= 11 is 12.0. The number of carbonyl (C=O) groups excluding carboxylic acids is 2. The first-order valence-corrected chi connectivity index (χ1v) is 9.91. The van der Waals surface area contributed by atoms with E-state index in [2.05, 4.69) is 12.2 Å². The lowest BCUT2D eigenvalue weighted by molar-refractivity contribution is -0.123. The lowest BCUT2D eigenvalue weighted by Gasteiger charge is -2.21. The Morgan fingerprint density at radius 3 is 2.00 bits per heavy atom. The van der Waals surface area contributed by atoms with Gasteiger partial charge in [0.1, 0.15) is 0 Å². The summed E-state index contributed by atoms with van der Waals surface area (Å²) < 4.78 is 0. The van der Waals surface area contributed by atoms with Gasteiger partial charge in [-0.25, -0.2) is 0 Å². The fourth-order valence-electron chi connectivity index (χ4n) is 3.56. The highest BCUT2D eigenvalue weighted by atomic mass is 35.5. The summed E-state index contributed by atoms with van der Waals surface area (Å²) in [4.78, 5) is 27.9. The second-order valence-electron chi connectivity index (χ2n) is 6.75. The molecule has 0 radical (unpaired) electrons. The van der Waals surface area contributed by atoms with Crippen molar-refractivity contribution in [2.45, 2.75) is 19.8 Å². The van der Waals surface area contributed by atoms with Crippen molar-refractivity contribution in [2.24, 2.45) is 0 Å². The molecule has 0 saturated heterocycles. The molecule has 142 valence electrons. The molecule has 0 aromatic heterocycles. The first-order valence-electron chi connectivity index (χ1n) is 9.15. The molecule has 28 heavy (non-hydrogen) atoms. The van der Waals surface area contributed by atoms with E-state index in [4.69, 9.17) is 23.2 Å². The van der Waals surface area contributed by atoms with Gasteiger partial charge in [-0.1, -0.05) is 60.8 Å². The SMILES string of the molecule is CCCCN1C(=O)C2=C(c3ccc(Cl)cc3)NC(=O)C2=C1c1ccc(Cl)cc1. The highest BCUT2D eigenvalue weighted by Gasteiger charge is 2.45. The number of benzene rings is 2. The van der Waals surface area contributed by atoms with E-state index in [9.17, 15) is 9.59 Å². The fourth-order valence-corrected chi connectivity index (χ4v) is 3.81. The topological polar surface area (TPSA) is 49.4 Å². The fraction of sp³-hybridized carbons (Fsp3) is 0.182. The van der Waals surface area contributed by atoms with Gasteiger partial charge in [-0.15, -0.1) is 0 Å². The van der Waals surface area contributed by atoms with Crippen molar-refractivity contribution < 1.29 is 9.59 Å². The van der Waals surface area contributed by atoms with Crippen molar-refractivity contribution in [3.63, 3.8) is 0 Å². The van der Waals surface area contributed by atoms with Crippen LogP contribution in [0.1, 0.15) is 30.9 Å². The number of unbranched alkanes of at least 4 members (excludes halogenated alkanes) is 1. The van der Waals surface area contributed by atoms with Crippen molar-refractivity contribution in [2.75, 3.05) is 6.54 Å². The zero-order valence-corrected chi connectivity index (χ0v) is 16.8. The molecule has 0 saturated carbocycles. The van der Waals surface area contributed by atoms with Crippen LogP contribution in [-0.4, -0.2) is 23.3 Å². The van der Waals surface area contributed by atoms with Crippen LogP contribution < -0.4 is 5.32 Å². The first-order chi connectivity index (χ1) is 13.5. The van der Waals surface area contributed by atoms with E-state index in [1.807, 2.05) is 12.1 Å². The third-order valence-corrected chi connectivity index (χ3v) is 5.42. The van der Waals surface area contributed by atoms with Gasteiger partial charge in [-0.05, 0) is 41.8 Å². The molecule has 2 amide bonds. The molecular formula is C22H18Cl2N2O2. The molecule has 1 N–H and O–H groups in total. The molecular weight excluding hydrogens is 395 g/mol. The predicted molar refractivity (Wildman–Crippen MR) is 112 cm³/mol. The van der Waals surface area contributed by atoms with Gasteiger partial charge in [0, 0.05) is 16.6 Å². The second kappa shape index (κ2) is 7.46. The number of hydrogen-bond acceptors (Lipinski definition) is 2. The molecule has 2 heterocycles. The summed E-state index contributed by atoms with van der Waals surface area (Å²) in [5, 5.41) is 4.08. The molecule has 2 aromatic rings. The number of hydrogen-bond donors (Lipinski definition) is 1. The zero-order chi connectivity index (χ0) is 19.8. The van der Waals surface area contributed by atoms with Crippen LogP contribution in [0.15, 0.2) is 59.7 Å². The van der Waals surface area contributed by atoms with Crippen LogP contribution in [-0.2, 0) is 9.59 Å². The lowest BCUT2D eigenvalue weighted by Crippen LogP contribution is -2.28. The second-order valence-corrected chi connectivity index (χ2v) is 7.62. The number of halogens is 2. The van der Waals surface area contributed by atoms with E-state index >= 15 is 0 Å². The number of rotatable bonds is 5. The van der Waals surface area contributed by atoms with E-state index in [0.29, 0.717) is 39.1 Å². The number of nitrogens with zero attached hydrogens (tertiary/aromatic N) is 1. The van der Waals surface area contributed by atoms with Crippen molar-refractivity contribution in [1.29, 1.82) is 0 Å². The van der Waals surface area contributed by atoms with Crippen LogP contribution in [0, 0.1) is 0 Å². The summed E-state index contributed by atoms with van der Waals surface area (Å²) in [7, 11) is 0. The van der Waals surface area contributed by atoms with Gasteiger partial charge in [-0.2, -0.15) is 0 Å². The molecule has 6 heteroatoms. The third kappa shape index (κ3) is 3.13. The Morgan fingerprint density at radius 1 is 0.857 bits per heavy atom. The van der Waals surface area contributed by atoms with Crippen LogP contribution in [0.2, 0.25) is 10.0 Å². The van der Waals surface area contributed by atoms with Crippen LogP contribution in [0.5, 0.6) is 0 Å². The maximum Gasteiger partial charge on any atom is 0.261 e. The van der Waals surface area contributed by atoms with Gasteiger partial charge < -0.3 is 10.2 Å². The van der Waals surface area contributed by atoms with Crippen molar-refractivity contribution >= 4 is 46.4 Å². The summed E-state index contributed by atoms with van der Waals surface area (Å²) in [6.45, 7) is 2.63. The molecule has 0 bridgehead atoms. The maximum atomic E-state index is 13.3. The van der Waals surface area contributed by atoms with Gasteiger partial charge in [0.25, 0.3) is 11.8 Å². The van der Waals surface area contributed by atoms with E-state index < -0.39 is 0 Å². The Labute approximate surface area is 173 Å². The quantitative estimate of drug-likeness (QED) is 0.759. The van der Waals surface area contributed by atoms with Gasteiger partial charge in [-0.3, -0.25) is 9.59 Å². The number of carbonyl (C=O) groups is 2. The van der Waals surface area contributed by atoms with E-state index in [-0.39, 0.29) is 11.8 Å². The number of nitrogens with one attached hydrogen (secondary N) is 1. The van der Waals surface area contributed by atoms with Gasteiger partial charge in [0.2, 0.25) is 0 Å². The van der Waals surface area contributed by atoms with Crippen LogP contribution in [0.4, 0.5) is 0 Å². The molecule has 4 rings (SSSR count). The average Bonchev–Trinajstić information content (AvgIpc) is 3.17. The van der Waals surface area contributed by atoms with Gasteiger partial charge >= 0.3 is 0 Å². The van der Waals surface area contributed by atoms with Gasteiger partial charge in [0.05, 0.1) is 22.5 Å². The molecule has 0 fully saturated rings. The normalized spacial score (nSPS) is 16.2. The average molecular weight is 413 g/mol. The van der Waals surface area contributed by atoms with Gasteiger partial charge in [0.15, 0.2) is 0 Å². The standard InChI is InChI=1S/C22H18Cl2N2O2/c1-2-3-12-26-20(14-6-10-16(24)11-7-14)18-17(22(26)28)19(25-21(18)27)13-4-8-15(23)9-5-13/h4-11H,2-3,12H2,1H3,(H,25,27). The predicted octanol–water partition coefficient (Wildman–Crippen LogP) is 4.89. The Morgan fingerprint density at radius 2 is 1.43 bits per heavy atom. The molecule has 2 aliphatic rings. The highest BCUT2D eigenvalue weighted by molar-refractivity contribution is 6.32. The third-order valence-electron chi connectivity index (χ3n) is 4.92. The summed E-state index contributed by atoms with van der Waals surface area (Å²) in [5.74, 6) is -0.422. The lowest BCUT2D eigenvalue weighted by atomic mass is 10.0. The van der Waals surface area contributed by atoms with Crippen LogP contribution in [0.25, 0.3) is 11.4 Å². The van der Waals surface area contributed by atoms with Crippen molar-refractivity contribution in [1.82, 2.24) is 10.2 Å². The Hall–Kier alpha value is -2.56. The Kier molecular flexibility index (Phi) is 5.00. The van der Waals surface area contributed by atoms with Crippen molar-refractivity contribution in [3.05, 3.63) is 80.8 Å². The summed E-state index contributed by atoms with van der Waals surface area (Å²) in [5.41, 5.74) is 3.58. The molecule has 0 aliphatic carbocycles. The highest BCUT2D eigenvalue weighted by Crippen LogP contribution is 2.42. The first kappa shape index (κ1) is 18.8. The minimum atomic E-state index is -0.266.